The molecule has 2 aliphatic carbocycles. The largest absolute Gasteiger partial charge is 0.488 e. The van der Waals surface area contributed by atoms with Gasteiger partial charge in [0.25, 0.3) is 0 Å². The third-order valence-corrected chi connectivity index (χ3v) is 5.62. The van der Waals surface area contributed by atoms with Gasteiger partial charge in [-0.3, -0.25) is 0 Å². The van der Waals surface area contributed by atoms with Gasteiger partial charge < -0.3 is 15.0 Å². The highest BCUT2D eigenvalue weighted by atomic mass is 16.5. The maximum Gasteiger partial charge on any atom is 0.143 e. The molecule has 2 N–H and O–H groups in total. The summed E-state index contributed by atoms with van der Waals surface area (Å²) in [4.78, 5) is 12.5. The summed E-state index contributed by atoms with van der Waals surface area (Å²) in [6.45, 7) is 0. The minimum absolute atomic E-state index is 0.336. The van der Waals surface area contributed by atoms with Crippen LogP contribution < -0.4 is 10.1 Å². The van der Waals surface area contributed by atoms with Gasteiger partial charge in [0.2, 0.25) is 0 Å². The Morgan fingerprint density at radius 3 is 2.77 bits per heavy atom. The number of rotatable bonds is 4. The summed E-state index contributed by atoms with van der Waals surface area (Å²) in [6.07, 6.45) is 11.5. The predicted molar refractivity (Wildman–Crippen MR) is 103 cm³/mol. The zero-order valence-corrected chi connectivity index (χ0v) is 14.9. The highest BCUT2D eigenvalue weighted by Gasteiger charge is 2.21. The molecule has 2 aromatic heterocycles. The number of aromatic amines is 1. The fourth-order valence-electron chi connectivity index (χ4n) is 4.31. The SMILES string of the molecule is c1ccc(OC2CCCC2)c(Nc2ncnc3[nH]c4c(c23)CCCC4)c1. The topological polar surface area (TPSA) is 62.8 Å². The second-order valence-electron chi connectivity index (χ2n) is 7.38. The van der Waals surface area contributed by atoms with Crippen LogP contribution in [0.25, 0.3) is 11.0 Å². The molecule has 134 valence electrons. The summed E-state index contributed by atoms with van der Waals surface area (Å²) in [7, 11) is 0. The minimum Gasteiger partial charge on any atom is -0.488 e. The molecule has 5 heteroatoms. The van der Waals surface area contributed by atoms with Crippen molar-refractivity contribution in [2.75, 3.05) is 5.32 Å². The Morgan fingerprint density at radius 2 is 1.85 bits per heavy atom. The Balaban J connectivity index is 1.51. The Kier molecular flexibility index (Phi) is 4.00. The number of hydrogen-bond acceptors (Lipinski definition) is 4. The zero-order chi connectivity index (χ0) is 17.3. The lowest BCUT2D eigenvalue weighted by Gasteiger charge is -2.18. The van der Waals surface area contributed by atoms with E-state index in [0.717, 1.165) is 54.0 Å². The first-order valence-corrected chi connectivity index (χ1v) is 9.75. The Bertz CT molecular complexity index is 927. The third-order valence-electron chi connectivity index (χ3n) is 5.62. The molecule has 0 radical (unpaired) electrons. The number of fused-ring (bicyclic) bond motifs is 3. The van der Waals surface area contributed by atoms with Crippen LogP contribution >= 0.6 is 0 Å². The molecule has 1 saturated carbocycles. The van der Waals surface area contributed by atoms with Gasteiger partial charge in [0.1, 0.15) is 23.5 Å². The number of H-pyrrole nitrogens is 1. The van der Waals surface area contributed by atoms with Crippen molar-refractivity contribution >= 4 is 22.5 Å². The molecule has 0 spiro atoms. The molecular formula is C21H24N4O. The average molecular weight is 348 g/mol. The van der Waals surface area contributed by atoms with Crippen molar-refractivity contribution < 1.29 is 4.74 Å². The molecule has 2 heterocycles. The van der Waals surface area contributed by atoms with E-state index >= 15 is 0 Å². The van der Waals surface area contributed by atoms with Gasteiger partial charge in [0, 0.05) is 5.69 Å². The van der Waals surface area contributed by atoms with Crippen LogP contribution in [0.15, 0.2) is 30.6 Å². The summed E-state index contributed by atoms with van der Waals surface area (Å²) in [5.74, 6) is 1.78. The van der Waals surface area contributed by atoms with Crippen LogP contribution in [0.1, 0.15) is 49.8 Å². The van der Waals surface area contributed by atoms with E-state index in [9.17, 15) is 0 Å². The average Bonchev–Trinajstić information content (AvgIpc) is 3.31. The van der Waals surface area contributed by atoms with Gasteiger partial charge in [-0.1, -0.05) is 12.1 Å². The summed E-state index contributed by atoms with van der Waals surface area (Å²) >= 11 is 0. The molecule has 1 aromatic carbocycles. The zero-order valence-electron chi connectivity index (χ0n) is 14.9. The van der Waals surface area contributed by atoms with Crippen LogP contribution in [0.5, 0.6) is 5.75 Å². The molecule has 0 saturated heterocycles. The number of nitrogens with zero attached hydrogens (tertiary/aromatic N) is 2. The van der Waals surface area contributed by atoms with Crippen molar-refractivity contribution in [1.82, 2.24) is 15.0 Å². The van der Waals surface area contributed by atoms with E-state index in [-0.39, 0.29) is 0 Å². The van der Waals surface area contributed by atoms with E-state index in [4.69, 9.17) is 4.74 Å². The summed E-state index contributed by atoms with van der Waals surface area (Å²) in [5, 5.41) is 4.67. The van der Waals surface area contributed by atoms with Crippen molar-refractivity contribution in [3.63, 3.8) is 0 Å². The molecule has 3 aromatic rings. The van der Waals surface area contributed by atoms with Gasteiger partial charge in [0.15, 0.2) is 0 Å². The van der Waals surface area contributed by atoms with E-state index < -0.39 is 0 Å². The number of benzene rings is 1. The van der Waals surface area contributed by atoms with Crippen LogP contribution in [0.4, 0.5) is 11.5 Å². The molecule has 1 fully saturated rings. The van der Waals surface area contributed by atoms with Crippen LogP contribution in [0.2, 0.25) is 0 Å². The number of aryl methyl sites for hydroxylation is 2. The van der Waals surface area contributed by atoms with Crippen molar-refractivity contribution in [2.24, 2.45) is 0 Å². The van der Waals surface area contributed by atoms with Crippen molar-refractivity contribution in [2.45, 2.75) is 57.5 Å². The number of aromatic nitrogens is 3. The Hall–Kier alpha value is -2.56. The normalized spacial score (nSPS) is 17.4. The number of anilines is 2. The van der Waals surface area contributed by atoms with Gasteiger partial charge in [0.05, 0.1) is 17.2 Å². The number of nitrogens with one attached hydrogen (secondary N) is 2. The number of ether oxygens (including phenoxy) is 1. The molecule has 0 amide bonds. The number of hydrogen-bond donors (Lipinski definition) is 2. The molecule has 0 bridgehead atoms. The summed E-state index contributed by atoms with van der Waals surface area (Å²) in [5.41, 5.74) is 4.61. The van der Waals surface area contributed by atoms with E-state index in [1.54, 1.807) is 6.33 Å². The first kappa shape index (κ1) is 15.7. The maximum absolute atomic E-state index is 6.27. The smallest absolute Gasteiger partial charge is 0.143 e. The fourth-order valence-corrected chi connectivity index (χ4v) is 4.31. The molecule has 0 atom stereocenters. The second kappa shape index (κ2) is 6.63. The van der Waals surface area contributed by atoms with E-state index in [2.05, 4.69) is 26.3 Å². The van der Waals surface area contributed by atoms with Crippen molar-refractivity contribution in [3.8, 4) is 5.75 Å². The third kappa shape index (κ3) is 2.81. The first-order valence-electron chi connectivity index (χ1n) is 9.75. The molecule has 0 unspecified atom stereocenters. The fraction of sp³-hybridized carbons (Fsp3) is 0.429. The molecular weight excluding hydrogens is 324 g/mol. The van der Waals surface area contributed by atoms with Gasteiger partial charge >= 0.3 is 0 Å². The number of para-hydroxylation sites is 2. The Morgan fingerprint density at radius 1 is 1.00 bits per heavy atom. The summed E-state index contributed by atoms with van der Waals surface area (Å²) < 4.78 is 6.27. The maximum atomic E-state index is 6.27. The molecule has 26 heavy (non-hydrogen) atoms. The Labute approximate surface area is 153 Å². The molecule has 0 aliphatic heterocycles. The minimum atomic E-state index is 0.336. The van der Waals surface area contributed by atoms with Crippen LogP contribution in [-0.2, 0) is 12.8 Å². The summed E-state index contributed by atoms with van der Waals surface area (Å²) in [6, 6.07) is 8.18. The van der Waals surface area contributed by atoms with Crippen LogP contribution in [0, 0.1) is 0 Å². The predicted octanol–water partition coefficient (Wildman–Crippen LogP) is 4.90. The van der Waals surface area contributed by atoms with Gasteiger partial charge in [-0.05, 0) is 69.1 Å². The van der Waals surface area contributed by atoms with E-state index in [1.807, 2.05) is 18.2 Å². The second-order valence-corrected chi connectivity index (χ2v) is 7.38. The molecule has 2 aliphatic rings. The lowest BCUT2D eigenvalue weighted by Crippen LogP contribution is -2.12. The van der Waals surface area contributed by atoms with Crippen molar-refractivity contribution in [1.29, 1.82) is 0 Å². The monoisotopic (exact) mass is 348 g/mol. The van der Waals surface area contributed by atoms with Crippen LogP contribution in [-0.4, -0.2) is 21.1 Å². The first-order chi connectivity index (χ1) is 12.9. The van der Waals surface area contributed by atoms with Gasteiger partial charge in [-0.15, -0.1) is 0 Å². The highest BCUT2D eigenvalue weighted by Crippen LogP contribution is 2.36. The standard InChI is InChI=1S/C21H24N4O/c1-2-8-14(7-1)26-18-12-6-5-11-17(18)25-21-19-15-9-3-4-10-16(15)24-20(19)22-13-23-21/h5-6,11-14H,1-4,7-10H2,(H2,22,23,24,25). The van der Waals surface area contributed by atoms with E-state index in [0.29, 0.717) is 6.10 Å². The molecule has 5 nitrogen and oxygen atoms in total. The van der Waals surface area contributed by atoms with Gasteiger partial charge in [-0.25, -0.2) is 9.97 Å². The lowest BCUT2D eigenvalue weighted by atomic mass is 9.96. The van der Waals surface area contributed by atoms with Gasteiger partial charge in [-0.2, -0.15) is 0 Å². The van der Waals surface area contributed by atoms with Crippen molar-refractivity contribution in [3.05, 3.63) is 41.9 Å². The van der Waals surface area contributed by atoms with E-state index in [1.165, 1.54) is 36.9 Å². The quantitative estimate of drug-likeness (QED) is 0.704. The van der Waals surface area contributed by atoms with Crippen LogP contribution in [0.3, 0.4) is 0 Å². The molecule has 5 rings (SSSR count). The lowest BCUT2D eigenvalue weighted by molar-refractivity contribution is 0.211. The highest BCUT2D eigenvalue weighted by molar-refractivity contribution is 5.93.